The van der Waals surface area contributed by atoms with Crippen LogP contribution < -0.4 is 0 Å². The normalized spacial score (nSPS) is 41.9. The third-order valence-corrected chi connectivity index (χ3v) is 1.91. The van der Waals surface area contributed by atoms with Gasteiger partial charge >= 0.3 is 0 Å². The van der Waals surface area contributed by atoms with Crippen LogP contribution in [0.2, 0.25) is 0 Å². The third-order valence-electron chi connectivity index (χ3n) is 1.91. The Kier molecular flexibility index (Phi) is 2.06. The van der Waals surface area contributed by atoms with Crippen LogP contribution in [-0.2, 0) is 4.79 Å². The topological polar surface area (TPSA) is 57.5 Å². The molecule has 0 aromatic carbocycles. The van der Waals surface area contributed by atoms with E-state index in [0.29, 0.717) is 12.8 Å². The Morgan fingerprint density at radius 3 is 2.10 bits per heavy atom. The smallest absolute Gasteiger partial charge is 0.189 e. The van der Waals surface area contributed by atoms with Crippen molar-refractivity contribution in [2.45, 2.75) is 32.0 Å². The van der Waals surface area contributed by atoms with Gasteiger partial charge in [0.25, 0.3) is 0 Å². The molecule has 3 heteroatoms. The highest BCUT2D eigenvalue weighted by Crippen LogP contribution is 2.21. The highest BCUT2D eigenvalue weighted by molar-refractivity contribution is 5.87. The Bertz CT molecular complexity index is 130. The van der Waals surface area contributed by atoms with E-state index in [4.69, 9.17) is 10.2 Å². The van der Waals surface area contributed by atoms with E-state index in [9.17, 15) is 4.79 Å². The second-order valence-corrected chi connectivity index (χ2v) is 3.01. The Morgan fingerprint density at radius 2 is 1.70 bits per heavy atom. The zero-order valence-corrected chi connectivity index (χ0v) is 5.95. The van der Waals surface area contributed by atoms with Crippen molar-refractivity contribution in [2.75, 3.05) is 0 Å². The van der Waals surface area contributed by atoms with Crippen LogP contribution in [0.15, 0.2) is 0 Å². The van der Waals surface area contributed by atoms with Crippen LogP contribution in [-0.4, -0.2) is 28.2 Å². The maximum Gasteiger partial charge on any atom is 0.189 e. The summed E-state index contributed by atoms with van der Waals surface area (Å²) in [6.07, 6.45) is -0.872. The molecule has 1 saturated carbocycles. The van der Waals surface area contributed by atoms with E-state index in [1.54, 1.807) is 0 Å². The minimum atomic E-state index is -0.932. The first-order chi connectivity index (χ1) is 4.61. The van der Waals surface area contributed by atoms with E-state index in [0.717, 1.165) is 0 Å². The number of aliphatic hydroxyl groups is 2. The SMILES string of the molecule is CC1C[C@@H](O)C(=O)[C@@H](O)C1. The maximum absolute atomic E-state index is 10.8. The van der Waals surface area contributed by atoms with E-state index in [1.807, 2.05) is 6.92 Å². The summed E-state index contributed by atoms with van der Waals surface area (Å²) < 4.78 is 0. The summed E-state index contributed by atoms with van der Waals surface area (Å²) in [6, 6.07) is 0. The summed E-state index contributed by atoms with van der Waals surface area (Å²) >= 11 is 0. The molecule has 0 aliphatic heterocycles. The zero-order valence-electron chi connectivity index (χ0n) is 5.95. The van der Waals surface area contributed by atoms with Gasteiger partial charge in [-0.15, -0.1) is 0 Å². The largest absolute Gasteiger partial charge is 0.385 e. The van der Waals surface area contributed by atoms with Gasteiger partial charge in [-0.25, -0.2) is 0 Å². The van der Waals surface area contributed by atoms with E-state index in [-0.39, 0.29) is 5.92 Å². The lowest BCUT2D eigenvalue weighted by Crippen LogP contribution is -2.39. The van der Waals surface area contributed by atoms with Gasteiger partial charge in [-0.1, -0.05) is 6.92 Å². The number of hydrogen-bond donors (Lipinski definition) is 2. The van der Waals surface area contributed by atoms with Crippen LogP contribution >= 0.6 is 0 Å². The fourth-order valence-electron chi connectivity index (χ4n) is 1.31. The van der Waals surface area contributed by atoms with Crippen molar-refractivity contribution >= 4 is 5.78 Å². The van der Waals surface area contributed by atoms with E-state index >= 15 is 0 Å². The van der Waals surface area contributed by atoms with Gasteiger partial charge in [0, 0.05) is 0 Å². The minimum Gasteiger partial charge on any atom is -0.385 e. The molecule has 0 saturated heterocycles. The molecule has 10 heavy (non-hydrogen) atoms. The lowest BCUT2D eigenvalue weighted by Gasteiger charge is -2.25. The average molecular weight is 144 g/mol. The summed E-state index contributed by atoms with van der Waals surface area (Å²) in [6.45, 7) is 1.92. The van der Waals surface area contributed by atoms with Crippen LogP contribution in [0.4, 0.5) is 0 Å². The Balaban J connectivity index is 2.57. The number of ketones is 1. The number of Topliss-reactive ketones (excluding diaryl/α,β-unsaturated/α-hetero) is 1. The van der Waals surface area contributed by atoms with Crippen LogP contribution in [0, 0.1) is 5.92 Å². The van der Waals surface area contributed by atoms with Gasteiger partial charge in [0.1, 0.15) is 12.2 Å². The van der Waals surface area contributed by atoms with Crippen LogP contribution in [0.1, 0.15) is 19.8 Å². The van der Waals surface area contributed by atoms with E-state index < -0.39 is 18.0 Å². The standard InChI is InChI=1S/C7H12O3/c1-4-2-5(8)7(10)6(9)3-4/h4-6,8-9H,2-3H2,1H3/t4?,5-,6+. The Labute approximate surface area is 59.7 Å². The monoisotopic (exact) mass is 144 g/mol. The van der Waals surface area contributed by atoms with Gasteiger partial charge in [-0.2, -0.15) is 0 Å². The molecule has 0 radical (unpaired) electrons. The fraction of sp³-hybridized carbons (Fsp3) is 0.857. The molecular weight excluding hydrogens is 132 g/mol. The third kappa shape index (κ3) is 1.36. The summed E-state index contributed by atoms with van der Waals surface area (Å²) in [5.74, 6) is -0.166. The predicted octanol–water partition coefficient (Wildman–Crippen LogP) is -0.293. The van der Waals surface area contributed by atoms with E-state index in [1.165, 1.54) is 0 Å². The highest BCUT2D eigenvalue weighted by atomic mass is 16.3. The summed E-state index contributed by atoms with van der Waals surface area (Å²) in [5, 5.41) is 18.0. The molecule has 3 atom stereocenters. The van der Waals surface area contributed by atoms with Gasteiger partial charge in [-0.05, 0) is 18.8 Å². The van der Waals surface area contributed by atoms with Gasteiger partial charge < -0.3 is 10.2 Å². The second-order valence-electron chi connectivity index (χ2n) is 3.01. The molecule has 58 valence electrons. The molecule has 0 heterocycles. The molecule has 0 aromatic heterocycles. The lowest BCUT2D eigenvalue weighted by atomic mass is 9.86. The molecule has 0 spiro atoms. The first-order valence-corrected chi connectivity index (χ1v) is 3.51. The van der Waals surface area contributed by atoms with Gasteiger partial charge in [0.15, 0.2) is 5.78 Å². The summed E-state index contributed by atoms with van der Waals surface area (Å²) in [5.41, 5.74) is 0. The molecule has 1 fully saturated rings. The second kappa shape index (κ2) is 2.68. The van der Waals surface area contributed by atoms with Crippen molar-refractivity contribution in [3.8, 4) is 0 Å². The number of rotatable bonds is 0. The molecule has 3 nitrogen and oxygen atoms in total. The van der Waals surface area contributed by atoms with Crippen LogP contribution in [0.3, 0.4) is 0 Å². The molecule has 0 amide bonds. The van der Waals surface area contributed by atoms with Crippen molar-refractivity contribution in [2.24, 2.45) is 5.92 Å². The maximum atomic E-state index is 10.8. The van der Waals surface area contributed by atoms with Crippen molar-refractivity contribution in [3.05, 3.63) is 0 Å². The Hall–Kier alpha value is -0.410. The van der Waals surface area contributed by atoms with Crippen molar-refractivity contribution in [3.63, 3.8) is 0 Å². The molecule has 1 rings (SSSR count). The van der Waals surface area contributed by atoms with E-state index in [2.05, 4.69) is 0 Å². The summed E-state index contributed by atoms with van der Waals surface area (Å²) in [4.78, 5) is 10.8. The van der Waals surface area contributed by atoms with Gasteiger partial charge in [0.2, 0.25) is 0 Å². The van der Waals surface area contributed by atoms with Crippen LogP contribution in [0.5, 0.6) is 0 Å². The first-order valence-electron chi connectivity index (χ1n) is 3.51. The van der Waals surface area contributed by atoms with Gasteiger partial charge in [-0.3, -0.25) is 4.79 Å². The van der Waals surface area contributed by atoms with Gasteiger partial charge in [0.05, 0.1) is 0 Å². The fourth-order valence-corrected chi connectivity index (χ4v) is 1.31. The highest BCUT2D eigenvalue weighted by Gasteiger charge is 2.31. The molecule has 1 aliphatic rings. The molecule has 1 aliphatic carbocycles. The van der Waals surface area contributed by atoms with Crippen molar-refractivity contribution in [1.29, 1.82) is 0 Å². The molecule has 2 N–H and O–H groups in total. The number of aliphatic hydroxyl groups excluding tert-OH is 2. The first kappa shape index (κ1) is 7.69. The molecule has 0 bridgehead atoms. The molecule has 0 aromatic rings. The quantitative estimate of drug-likeness (QED) is 0.491. The zero-order chi connectivity index (χ0) is 7.72. The number of carbonyl (C=O) groups excluding carboxylic acids is 1. The number of hydrogen-bond acceptors (Lipinski definition) is 3. The molecule has 1 unspecified atom stereocenters. The summed E-state index contributed by atoms with van der Waals surface area (Å²) in [7, 11) is 0. The predicted molar refractivity (Wildman–Crippen MR) is 35.4 cm³/mol. The minimum absolute atomic E-state index is 0.252. The van der Waals surface area contributed by atoms with Crippen molar-refractivity contribution < 1.29 is 15.0 Å². The molecular formula is C7H12O3. The van der Waals surface area contributed by atoms with Crippen LogP contribution in [0.25, 0.3) is 0 Å². The Morgan fingerprint density at radius 1 is 1.30 bits per heavy atom. The van der Waals surface area contributed by atoms with Crippen molar-refractivity contribution in [1.82, 2.24) is 0 Å². The number of carbonyl (C=O) groups is 1. The lowest BCUT2D eigenvalue weighted by molar-refractivity contribution is -0.141. The average Bonchev–Trinajstić information content (AvgIpc) is 1.82.